The molecule has 0 fully saturated rings. The van der Waals surface area contributed by atoms with Crippen molar-refractivity contribution in [1.82, 2.24) is 0 Å². The molecule has 0 aliphatic heterocycles. The first-order chi connectivity index (χ1) is 28.1. The highest BCUT2D eigenvalue weighted by atomic mass is 15.2. The lowest BCUT2D eigenvalue weighted by molar-refractivity contribution is 0.645. The Hall–Kier alpha value is -7.16. The lowest BCUT2D eigenvalue weighted by Gasteiger charge is -2.39. The van der Waals surface area contributed by atoms with E-state index in [4.69, 9.17) is 0 Å². The van der Waals surface area contributed by atoms with Gasteiger partial charge in [-0.1, -0.05) is 178 Å². The summed E-state index contributed by atoms with van der Waals surface area (Å²) >= 11 is 0. The summed E-state index contributed by atoms with van der Waals surface area (Å²) in [6.07, 6.45) is 0. The number of rotatable bonds is 8. The maximum absolute atomic E-state index is 2.46. The number of hydrogen-bond acceptors (Lipinski definition) is 2. The van der Waals surface area contributed by atoms with Gasteiger partial charge in [0.25, 0.3) is 0 Å². The summed E-state index contributed by atoms with van der Waals surface area (Å²) in [6, 6.07) is 79.3. The van der Waals surface area contributed by atoms with E-state index >= 15 is 0 Å². The minimum Gasteiger partial charge on any atom is -0.310 e. The Morgan fingerprint density at radius 1 is 0.333 bits per heavy atom. The first-order valence-electron chi connectivity index (χ1n) is 19.8. The summed E-state index contributed by atoms with van der Waals surface area (Å²) in [4.78, 5) is 4.90. The number of nitrogens with zero attached hydrogens (tertiary/aromatic N) is 2. The summed E-state index contributed by atoms with van der Waals surface area (Å²) in [5.41, 5.74) is 16.4. The molecular formula is C55H42N2. The molecule has 10 rings (SSSR count). The smallest absolute Gasteiger partial charge is 0.0567 e. The minimum absolute atomic E-state index is 0.219. The molecule has 9 aromatic rings. The van der Waals surface area contributed by atoms with Crippen molar-refractivity contribution in [2.45, 2.75) is 19.3 Å². The number of fused-ring (bicyclic) bond motifs is 2. The molecule has 0 spiro atoms. The number of anilines is 6. The zero-order chi connectivity index (χ0) is 38.3. The second-order valence-electron chi connectivity index (χ2n) is 15.4. The fraction of sp³-hybridized carbons (Fsp3) is 0.0545. The van der Waals surface area contributed by atoms with Crippen LogP contribution in [0.4, 0.5) is 34.1 Å². The van der Waals surface area contributed by atoms with E-state index in [9.17, 15) is 0 Å². The highest BCUT2D eigenvalue weighted by molar-refractivity contribution is 6.16. The van der Waals surface area contributed by atoms with Crippen molar-refractivity contribution in [2.75, 3.05) is 9.80 Å². The third-order valence-corrected chi connectivity index (χ3v) is 11.6. The molecule has 2 heteroatoms. The van der Waals surface area contributed by atoms with Crippen LogP contribution in [-0.2, 0) is 5.41 Å². The van der Waals surface area contributed by atoms with Gasteiger partial charge in [-0.3, -0.25) is 0 Å². The van der Waals surface area contributed by atoms with Crippen LogP contribution in [0.5, 0.6) is 0 Å². The van der Waals surface area contributed by atoms with Crippen molar-refractivity contribution in [3.05, 3.63) is 230 Å². The van der Waals surface area contributed by atoms with Gasteiger partial charge in [-0.25, -0.2) is 0 Å². The average molecular weight is 731 g/mol. The molecule has 9 aromatic carbocycles. The molecule has 0 saturated carbocycles. The highest BCUT2D eigenvalue weighted by Gasteiger charge is 2.37. The maximum atomic E-state index is 2.46. The maximum Gasteiger partial charge on any atom is 0.0567 e. The Morgan fingerprint density at radius 2 is 0.737 bits per heavy atom. The van der Waals surface area contributed by atoms with E-state index in [0.717, 1.165) is 34.1 Å². The summed E-state index contributed by atoms with van der Waals surface area (Å²) < 4.78 is 0. The first kappa shape index (κ1) is 34.3. The van der Waals surface area contributed by atoms with Gasteiger partial charge < -0.3 is 9.80 Å². The Labute approximate surface area is 335 Å². The van der Waals surface area contributed by atoms with E-state index in [2.05, 4.69) is 242 Å². The van der Waals surface area contributed by atoms with E-state index in [1.54, 1.807) is 0 Å². The lowest BCUT2D eigenvalue weighted by Crippen LogP contribution is -2.25. The molecule has 0 N–H and O–H groups in total. The van der Waals surface area contributed by atoms with Gasteiger partial charge in [-0.05, 0) is 98.9 Å². The van der Waals surface area contributed by atoms with E-state index < -0.39 is 0 Å². The van der Waals surface area contributed by atoms with E-state index in [0.29, 0.717) is 0 Å². The van der Waals surface area contributed by atoms with E-state index in [1.807, 2.05) is 0 Å². The van der Waals surface area contributed by atoms with Crippen LogP contribution in [0, 0.1) is 0 Å². The van der Waals surface area contributed by atoms with E-state index in [-0.39, 0.29) is 5.41 Å². The zero-order valence-corrected chi connectivity index (χ0v) is 32.2. The number of hydrogen-bond donors (Lipinski definition) is 0. The normalized spacial score (nSPS) is 12.5. The second kappa shape index (κ2) is 14.2. The van der Waals surface area contributed by atoms with Crippen molar-refractivity contribution >= 4 is 44.9 Å². The van der Waals surface area contributed by atoms with Gasteiger partial charge in [0, 0.05) is 39.1 Å². The Kier molecular flexibility index (Phi) is 8.53. The third-order valence-electron chi connectivity index (χ3n) is 11.6. The quantitative estimate of drug-likeness (QED) is 0.154. The molecule has 0 heterocycles. The van der Waals surface area contributed by atoms with Gasteiger partial charge in [-0.2, -0.15) is 0 Å². The van der Waals surface area contributed by atoms with Gasteiger partial charge in [0.15, 0.2) is 0 Å². The predicted octanol–water partition coefficient (Wildman–Crippen LogP) is 15.4. The standard InChI is InChI=1S/C55H42N2/c1-55(2)49-28-16-15-26-47(49)54-52(57(44-24-13-6-14-25-44)46-36-32-42(33-37-46)40-20-9-4-10-21-40)38-51(48-27-17-29-50(55)53(48)54)56(43-22-11-5-12-23-43)45-34-30-41(31-35-45)39-18-7-3-8-19-39/h3-38H,1-2H3. The Bertz CT molecular complexity index is 2830. The number of para-hydroxylation sites is 2. The Morgan fingerprint density at radius 3 is 1.26 bits per heavy atom. The molecular weight excluding hydrogens is 689 g/mol. The van der Waals surface area contributed by atoms with Crippen molar-refractivity contribution in [2.24, 2.45) is 0 Å². The van der Waals surface area contributed by atoms with Crippen LogP contribution in [0.25, 0.3) is 44.2 Å². The van der Waals surface area contributed by atoms with Crippen LogP contribution >= 0.6 is 0 Å². The van der Waals surface area contributed by atoms with Gasteiger partial charge >= 0.3 is 0 Å². The molecule has 1 aliphatic carbocycles. The SMILES string of the molecule is CC1(C)c2ccccc2-c2c(N(c3ccccc3)c3ccc(-c4ccccc4)cc3)cc(N(c3ccccc3)c3ccc(-c4ccccc4)cc3)c3cccc1c23. The molecule has 1 aliphatic rings. The lowest BCUT2D eigenvalue weighted by atomic mass is 9.68. The topological polar surface area (TPSA) is 6.48 Å². The second-order valence-corrected chi connectivity index (χ2v) is 15.4. The molecule has 272 valence electrons. The van der Waals surface area contributed by atoms with Crippen LogP contribution < -0.4 is 9.80 Å². The van der Waals surface area contributed by atoms with Crippen molar-refractivity contribution in [1.29, 1.82) is 0 Å². The molecule has 0 saturated heterocycles. The molecule has 0 radical (unpaired) electrons. The van der Waals surface area contributed by atoms with E-state index in [1.165, 1.54) is 55.3 Å². The predicted molar refractivity (Wildman–Crippen MR) is 242 cm³/mol. The summed E-state index contributed by atoms with van der Waals surface area (Å²) in [6.45, 7) is 4.76. The van der Waals surface area contributed by atoms with Crippen LogP contribution in [0.1, 0.15) is 25.0 Å². The van der Waals surface area contributed by atoms with Gasteiger partial charge in [0.2, 0.25) is 0 Å². The summed E-state index contributed by atoms with van der Waals surface area (Å²) in [5.74, 6) is 0. The van der Waals surface area contributed by atoms with Gasteiger partial charge in [0.1, 0.15) is 0 Å². The van der Waals surface area contributed by atoms with Gasteiger partial charge in [-0.15, -0.1) is 0 Å². The Balaban J connectivity index is 1.28. The first-order valence-corrected chi connectivity index (χ1v) is 19.8. The van der Waals surface area contributed by atoms with Crippen molar-refractivity contribution in [3.8, 4) is 33.4 Å². The monoisotopic (exact) mass is 730 g/mol. The molecule has 0 bridgehead atoms. The van der Waals surface area contributed by atoms with Crippen LogP contribution in [-0.4, -0.2) is 0 Å². The molecule has 0 atom stereocenters. The minimum atomic E-state index is -0.219. The highest BCUT2D eigenvalue weighted by Crippen LogP contribution is 2.57. The molecule has 2 nitrogen and oxygen atoms in total. The molecule has 0 aromatic heterocycles. The largest absolute Gasteiger partial charge is 0.310 e. The average Bonchev–Trinajstić information content (AvgIpc) is 3.28. The third kappa shape index (κ3) is 5.98. The van der Waals surface area contributed by atoms with Crippen LogP contribution in [0.15, 0.2) is 218 Å². The summed E-state index contributed by atoms with van der Waals surface area (Å²) in [5, 5.41) is 2.51. The van der Waals surface area contributed by atoms with Crippen molar-refractivity contribution < 1.29 is 0 Å². The van der Waals surface area contributed by atoms with Crippen molar-refractivity contribution in [3.63, 3.8) is 0 Å². The van der Waals surface area contributed by atoms with Crippen LogP contribution in [0.2, 0.25) is 0 Å². The van der Waals surface area contributed by atoms with Crippen LogP contribution in [0.3, 0.4) is 0 Å². The number of benzene rings is 9. The fourth-order valence-electron chi connectivity index (χ4n) is 8.86. The molecule has 0 amide bonds. The fourth-order valence-corrected chi connectivity index (χ4v) is 8.86. The molecule has 57 heavy (non-hydrogen) atoms. The van der Waals surface area contributed by atoms with Gasteiger partial charge in [0.05, 0.1) is 11.4 Å². The molecule has 0 unspecified atom stereocenters. The zero-order valence-electron chi connectivity index (χ0n) is 32.2. The summed E-state index contributed by atoms with van der Waals surface area (Å²) in [7, 11) is 0.